The largest absolute Gasteiger partial charge is 0.472 e. The van der Waals surface area contributed by atoms with Crippen molar-refractivity contribution in [1.29, 1.82) is 0 Å². The highest BCUT2D eigenvalue weighted by Gasteiger charge is 2.30. The van der Waals surface area contributed by atoms with Gasteiger partial charge >= 0.3 is 39.5 Å². The van der Waals surface area contributed by atoms with Crippen molar-refractivity contribution in [1.82, 2.24) is 0 Å². The second-order valence-electron chi connectivity index (χ2n) is 23.3. The van der Waals surface area contributed by atoms with E-state index in [9.17, 15) is 43.2 Å². The normalized spacial score (nSPS) is 14.3. The Morgan fingerprint density at radius 2 is 0.561 bits per heavy atom. The summed E-state index contributed by atoms with van der Waals surface area (Å²) in [5, 5.41) is 10.5. The van der Waals surface area contributed by atoms with Gasteiger partial charge in [0.05, 0.1) is 26.4 Å². The molecule has 0 aromatic carbocycles. The zero-order valence-corrected chi connectivity index (χ0v) is 54.4. The molecule has 486 valence electrons. The maximum absolute atomic E-state index is 13.0. The average Bonchev–Trinajstić information content (AvgIpc) is 3.45. The van der Waals surface area contributed by atoms with Crippen molar-refractivity contribution in [2.45, 2.75) is 335 Å². The van der Waals surface area contributed by atoms with E-state index in [0.29, 0.717) is 25.7 Å². The van der Waals surface area contributed by atoms with Crippen molar-refractivity contribution in [3.05, 3.63) is 0 Å². The van der Waals surface area contributed by atoms with Crippen molar-refractivity contribution < 1.29 is 80.2 Å². The van der Waals surface area contributed by atoms with E-state index in [4.69, 9.17) is 37.0 Å². The van der Waals surface area contributed by atoms with E-state index in [1.54, 1.807) is 0 Å². The average molecular weight is 1210 g/mol. The summed E-state index contributed by atoms with van der Waals surface area (Å²) in [6.07, 6.45) is 40.7. The number of unbranched alkanes of at least 4 members (excludes halogenated alkanes) is 35. The lowest BCUT2D eigenvalue weighted by Gasteiger charge is -2.21. The van der Waals surface area contributed by atoms with Crippen LogP contribution in [0.3, 0.4) is 0 Å². The predicted octanol–water partition coefficient (Wildman–Crippen LogP) is 17.4. The van der Waals surface area contributed by atoms with Crippen LogP contribution in [0.15, 0.2) is 0 Å². The minimum atomic E-state index is -4.94. The van der Waals surface area contributed by atoms with E-state index in [2.05, 4.69) is 34.6 Å². The number of aliphatic hydroxyl groups excluding tert-OH is 1. The molecular formula is C63H122O17P2. The van der Waals surface area contributed by atoms with Gasteiger partial charge in [0.15, 0.2) is 12.2 Å². The topological polar surface area (TPSA) is 237 Å². The number of aliphatic hydroxyl groups is 1. The Bertz CT molecular complexity index is 1600. The molecule has 19 heteroatoms. The lowest BCUT2D eigenvalue weighted by atomic mass is 10.0. The molecule has 0 amide bonds. The third kappa shape index (κ3) is 57.2. The molecule has 3 N–H and O–H groups in total. The van der Waals surface area contributed by atoms with Crippen molar-refractivity contribution in [3.63, 3.8) is 0 Å². The molecule has 0 aliphatic heterocycles. The smallest absolute Gasteiger partial charge is 0.462 e. The molecule has 0 aromatic heterocycles. The Balaban J connectivity index is 5.15. The van der Waals surface area contributed by atoms with Crippen LogP contribution in [0.2, 0.25) is 0 Å². The number of carbonyl (C=O) groups excluding carboxylic acids is 4. The van der Waals surface area contributed by atoms with Gasteiger partial charge in [0.2, 0.25) is 0 Å². The van der Waals surface area contributed by atoms with Crippen molar-refractivity contribution in [2.75, 3.05) is 39.6 Å². The third-order valence-corrected chi connectivity index (χ3v) is 16.4. The summed E-state index contributed by atoms with van der Waals surface area (Å²) in [6.45, 7) is 7.07. The van der Waals surface area contributed by atoms with Gasteiger partial charge in [0, 0.05) is 25.7 Å². The molecule has 0 aromatic rings. The number of hydrogen-bond donors (Lipinski definition) is 3. The van der Waals surface area contributed by atoms with E-state index in [1.807, 2.05) is 0 Å². The second-order valence-corrected chi connectivity index (χ2v) is 26.2. The second kappa shape index (κ2) is 56.8. The number of rotatable bonds is 63. The minimum Gasteiger partial charge on any atom is -0.462 e. The number of hydrogen-bond acceptors (Lipinski definition) is 15. The number of carbonyl (C=O) groups is 4. The first-order chi connectivity index (χ1) is 39.5. The summed E-state index contributed by atoms with van der Waals surface area (Å²) in [4.78, 5) is 71.9. The fourth-order valence-electron chi connectivity index (χ4n) is 9.41. The molecule has 0 fully saturated rings. The van der Waals surface area contributed by atoms with Gasteiger partial charge in [0.1, 0.15) is 19.3 Å². The molecule has 0 saturated heterocycles. The van der Waals surface area contributed by atoms with Crippen molar-refractivity contribution in [3.8, 4) is 0 Å². The van der Waals surface area contributed by atoms with Gasteiger partial charge in [-0.05, 0) is 31.6 Å². The fourth-order valence-corrected chi connectivity index (χ4v) is 11.0. The summed E-state index contributed by atoms with van der Waals surface area (Å²) in [5.74, 6) is -1.39. The third-order valence-electron chi connectivity index (χ3n) is 14.5. The highest BCUT2D eigenvalue weighted by molar-refractivity contribution is 7.47. The molecule has 2 unspecified atom stereocenters. The van der Waals surface area contributed by atoms with E-state index < -0.39 is 97.5 Å². The molecule has 0 radical (unpaired) electrons. The number of phosphoric ester groups is 2. The monoisotopic (exact) mass is 1210 g/mol. The molecule has 0 aliphatic rings. The molecule has 82 heavy (non-hydrogen) atoms. The zero-order valence-electron chi connectivity index (χ0n) is 52.6. The van der Waals surface area contributed by atoms with Crippen LogP contribution in [0.1, 0.15) is 317 Å². The van der Waals surface area contributed by atoms with Crippen LogP contribution in [-0.4, -0.2) is 96.7 Å². The van der Waals surface area contributed by atoms with E-state index in [-0.39, 0.29) is 25.7 Å². The summed E-state index contributed by atoms with van der Waals surface area (Å²) in [7, 11) is -9.87. The Kier molecular flexibility index (Phi) is 55.5. The summed E-state index contributed by atoms with van der Waals surface area (Å²) >= 11 is 0. The fraction of sp³-hybridized carbons (Fsp3) is 0.937. The summed E-state index contributed by atoms with van der Waals surface area (Å²) in [6, 6.07) is 0. The van der Waals surface area contributed by atoms with Crippen LogP contribution < -0.4 is 0 Å². The van der Waals surface area contributed by atoms with Crippen LogP contribution in [0.4, 0.5) is 0 Å². The van der Waals surface area contributed by atoms with Gasteiger partial charge in [-0.25, -0.2) is 9.13 Å². The summed E-state index contributed by atoms with van der Waals surface area (Å²) < 4.78 is 67.7. The van der Waals surface area contributed by atoms with Gasteiger partial charge in [0.25, 0.3) is 0 Å². The molecule has 0 heterocycles. The van der Waals surface area contributed by atoms with Gasteiger partial charge in [-0.2, -0.15) is 0 Å². The molecule has 0 rings (SSSR count). The number of esters is 4. The molecule has 17 nitrogen and oxygen atoms in total. The van der Waals surface area contributed by atoms with E-state index in [0.717, 1.165) is 109 Å². The van der Waals surface area contributed by atoms with Gasteiger partial charge in [-0.15, -0.1) is 0 Å². The maximum Gasteiger partial charge on any atom is 0.472 e. The summed E-state index contributed by atoms with van der Waals surface area (Å²) in [5.41, 5.74) is 0. The Hall–Kier alpha value is -1.94. The van der Waals surface area contributed by atoms with Crippen LogP contribution in [0, 0.1) is 5.92 Å². The van der Waals surface area contributed by atoms with Crippen LogP contribution in [0.5, 0.6) is 0 Å². The molecule has 5 atom stereocenters. The zero-order chi connectivity index (χ0) is 60.6. The molecule has 0 aliphatic carbocycles. The quantitative estimate of drug-likeness (QED) is 0.0222. The maximum atomic E-state index is 13.0. The SMILES string of the molecule is CCCCCCCCCCCCCCCCCCC(=O)O[C@H](COC(=O)CCCCCCCCCCCCC(C)C)COP(=O)(O)OC[C@@H](O)COP(=O)(O)OC[C@@H](COC(=O)CCCCCCC)OC(=O)CCCCCCCCCC. The van der Waals surface area contributed by atoms with Crippen LogP contribution >= 0.6 is 15.6 Å². The lowest BCUT2D eigenvalue weighted by Crippen LogP contribution is -2.30. The number of ether oxygens (including phenoxy) is 4. The molecule has 0 bridgehead atoms. The Labute approximate surface area is 498 Å². The highest BCUT2D eigenvalue weighted by Crippen LogP contribution is 2.45. The van der Waals surface area contributed by atoms with Crippen molar-refractivity contribution in [2.24, 2.45) is 5.92 Å². The van der Waals surface area contributed by atoms with E-state index in [1.165, 1.54) is 128 Å². The first kappa shape index (κ1) is 80.1. The predicted molar refractivity (Wildman–Crippen MR) is 326 cm³/mol. The lowest BCUT2D eigenvalue weighted by molar-refractivity contribution is -0.161. The standard InChI is InChI=1S/C63H122O17P2/c1-6-9-12-15-17-19-20-21-22-23-24-25-30-34-39-44-49-63(68)80-59(53-74-61(66)47-42-37-33-29-27-26-28-31-36-40-45-56(4)5)55-78-82(71,72)76-51-57(64)50-75-81(69,70)77-54-58(52-73-60(65)46-41-35-14-11-8-3)79-62(67)48-43-38-32-18-16-13-10-7-2/h56-59,64H,6-55H2,1-5H3,(H,69,70)(H,71,72)/t57-,58+,59+/m0/s1. The molecule has 0 saturated carbocycles. The van der Waals surface area contributed by atoms with Gasteiger partial charge < -0.3 is 33.8 Å². The van der Waals surface area contributed by atoms with Gasteiger partial charge in [-0.1, -0.05) is 266 Å². The van der Waals surface area contributed by atoms with Crippen LogP contribution in [0.25, 0.3) is 0 Å². The Morgan fingerprint density at radius 3 is 0.829 bits per heavy atom. The van der Waals surface area contributed by atoms with Crippen molar-refractivity contribution >= 4 is 39.5 Å². The minimum absolute atomic E-state index is 0.104. The molecular weight excluding hydrogens is 1090 g/mol. The first-order valence-corrected chi connectivity index (χ1v) is 36.1. The Morgan fingerprint density at radius 1 is 0.329 bits per heavy atom. The highest BCUT2D eigenvalue weighted by atomic mass is 31.2. The van der Waals surface area contributed by atoms with Gasteiger partial charge in [-0.3, -0.25) is 37.3 Å². The van der Waals surface area contributed by atoms with E-state index >= 15 is 0 Å². The number of phosphoric acid groups is 2. The van der Waals surface area contributed by atoms with Crippen LogP contribution in [-0.2, 0) is 65.4 Å². The first-order valence-electron chi connectivity index (χ1n) is 33.1. The molecule has 0 spiro atoms.